The highest BCUT2D eigenvalue weighted by atomic mass is 16.6. The number of rotatable bonds is 34. The van der Waals surface area contributed by atoms with Crippen LogP contribution in [0.25, 0.3) is 0 Å². The average Bonchev–Trinajstić information content (AvgIpc) is 3.15. The number of carbonyl (C=O) groups is 2. The topological polar surface area (TPSA) is 72.8 Å². The number of unbranched alkanes of at least 4 members (excludes halogenated alkanes) is 6. The molecule has 52 heavy (non-hydrogen) atoms. The second kappa shape index (κ2) is 41.7. The van der Waals surface area contributed by atoms with Gasteiger partial charge in [-0.15, -0.1) is 0 Å². The van der Waals surface area contributed by atoms with Gasteiger partial charge in [0.05, 0.1) is 6.61 Å². The number of esters is 2. The Bertz CT molecular complexity index is 1130. The molecule has 0 aromatic heterocycles. The molecule has 5 heteroatoms. The Labute approximate surface area is 318 Å². The van der Waals surface area contributed by atoms with Crippen molar-refractivity contribution in [1.82, 2.24) is 0 Å². The summed E-state index contributed by atoms with van der Waals surface area (Å²) in [5.41, 5.74) is 0. The summed E-state index contributed by atoms with van der Waals surface area (Å²) in [6.45, 7) is 3.83. The Kier molecular flexibility index (Phi) is 38.8. The first-order valence-electron chi connectivity index (χ1n) is 20.1. The molecule has 0 saturated carbocycles. The van der Waals surface area contributed by atoms with Gasteiger partial charge in [0.2, 0.25) is 0 Å². The highest BCUT2D eigenvalue weighted by Gasteiger charge is 2.16. The van der Waals surface area contributed by atoms with Gasteiger partial charge in [0.15, 0.2) is 6.10 Å². The van der Waals surface area contributed by atoms with Crippen LogP contribution in [-0.4, -0.2) is 36.4 Å². The summed E-state index contributed by atoms with van der Waals surface area (Å²) in [6.07, 6.45) is 61.1. The third kappa shape index (κ3) is 39.1. The predicted octanol–water partition coefficient (Wildman–Crippen LogP) is 12.8. The van der Waals surface area contributed by atoms with Crippen LogP contribution >= 0.6 is 0 Å². The number of aliphatic hydroxyl groups is 1. The summed E-state index contributed by atoms with van der Waals surface area (Å²) in [4.78, 5) is 24.3. The summed E-state index contributed by atoms with van der Waals surface area (Å²) < 4.78 is 10.6. The molecule has 1 atom stereocenters. The molecule has 0 heterocycles. The van der Waals surface area contributed by atoms with E-state index in [1.807, 2.05) is 0 Å². The van der Waals surface area contributed by atoms with E-state index in [0.29, 0.717) is 12.8 Å². The SMILES string of the molecule is CC/C=C/C/C=C/C/C=C/C/C=C/C/C=C/CCCCCC(=O)OCC(CO)OC(=O)CCCCC/C=C/C/C=C/C/C=C/C/C=C/C/C=C/CC. The maximum Gasteiger partial charge on any atom is 0.306 e. The molecule has 0 saturated heterocycles. The van der Waals surface area contributed by atoms with Crippen LogP contribution in [0.2, 0.25) is 0 Å². The highest BCUT2D eigenvalue weighted by molar-refractivity contribution is 5.70. The lowest BCUT2D eigenvalue weighted by molar-refractivity contribution is -0.161. The van der Waals surface area contributed by atoms with Crippen molar-refractivity contribution in [2.75, 3.05) is 13.2 Å². The first-order valence-corrected chi connectivity index (χ1v) is 20.1. The first kappa shape index (κ1) is 48.3. The molecule has 0 aliphatic rings. The number of aliphatic hydroxyl groups excluding tert-OH is 1. The van der Waals surface area contributed by atoms with E-state index in [9.17, 15) is 14.7 Å². The van der Waals surface area contributed by atoms with Crippen molar-refractivity contribution in [2.45, 2.75) is 148 Å². The zero-order valence-corrected chi connectivity index (χ0v) is 32.8. The van der Waals surface area contributed by atoms with E-state index in [-0.39, 0.29) is 25.2 Å². The molecule has 5 nitrogen and oxygen atoms in total. The Hall–Kier alpha value is -3.70. The quantitative estimate of drug-likeness (QED) is 0.0408. The highest BCUT2D eigenvalue weighted by Crippen LogP contribution is 2.09. The molecule has 1 unspecified atom stereocenters. The van der Waals surface area contributed by atoms with Crippen molar-refractivity contribution in [3.8, 4) is 0 Å². The molecule has 0 rings (SSSR count). The minimum absolute atomic E-state index is 0.106. The molecule has 0 aliphatic carbocycles. The normalized spacial score (nSPS) is 13.5. The van der Waals surface area contributed by atoms with Crippen molar-refractivity contribution in [3.63, 3.8) is 0 Å². The summed E-state index contributed by atoms with van der Waals surface area (Å²) in [7, 11) is 0. The Morgan fingerprint density at radius 2 is 0.769 bits per heavy atom. The molecule has 0 fully saturated rings. The van der Waals surface area contributed by atoms with Gasteiger partial charge in [-0.25, -0.2) is 0 Å². The molecule has 0 bridgehead atoms. The molecule has 1 N–H and O–H groups in total. The number of allylic oxidation sites excluding steroid dienone is 20. The molecule has 0 aliphatic heterocycles. The summed E-state index contributed by atoms with van der Waals surface area (Å²) >= 11 is 0. The van der Waals surface area contributed by atoms with Crippen LogP contribution in [0.3, 0.4) is 0 Å². The average molecular weight is 717 g/mol. The summed E-state index contributed by atoms with van der Waals surface area (Å²) in [5.74, 6) is -0.681. The van der Waals surface area contributed by atoms with Gasteiger partial charge in [-0.3, -0.25) is 9.59 Å². The lowest BCUT2D eigenvalue weighted by atomic mass is 10.1. The van der Waals surface area contributed by atoms with Crippen molar-refractivity contribution < 1.29 is 24.2 Å². The van der Waals surface area contributed by atoms with Crippen molar-refractivity contribution in [3.05, 3.63) is 122 Å². The fourth-order valence-corrected chi connectivity index (χ4v) is 4.78. The molecular formula is C47H72O5. The minimum atomic E-state index is -0.812. The fraction of sp³-hybridized carbons (Fsp3) is 0.532. The molecule has 0 radical (unpaired) electrons. The molecule has 0 amide bonds. The molecule has 290 valence electrons. The van der Waals surface area contributed by atoms with Gasteiger partial charge in [0.1, 0.15) is 6.61 Å². The van der Waals surface area contributed by atoms with Gasteiger partial charge in [0.25, 0.3) is 0 Å². The van der Waals surface area contributed by atoms with E-state index < -0.39 is 6.10 Å². The summed E-state index contributed by atoms with van der Waals surface area (Å²) in [6, 6.07) is 0. The van der Waals surface area contributed by atoms with Crippen molar-refractivity contribution in [1.29, 1.82) is 0 Å². The lowest BCUT2D eigenvalue weighted by Gasteiger charge is -2.15. The fourth-order valence-electron chi connectivity index (χ4n) is 4.78. The van der Waals surface area contributed by atoms with E-state index in [1.54, 1.807) is 0 Å². The molecular weight excluding hydrogens is 645 g/mol. The standard InChI is InChI=1S/C47H72O5/c1-3-5-7-9-11-13-15-17-19-21-23-25-27-29-31-33-35-37-39-41-46(49)51-44-45(43-48)52-47(50)42-40-38-36-34-32-30-28-26-24-22-20-18-16-14-12-10-8-6-4-2/h5-8,11-14,17-20,23-26,29-32,45,48H,3-4,9-10,15-16,21-22,27-28,33-44H2,1-2H3/b7-5+,8-6+,13-11+,14-12+,19-17+,20-18+,25-23+,26-24+,31-29+,32-30+. The Balaban J connectivity index is 3.75. The third-order valence-electron chi connectivity index (χ3n) is 7.75. The van der Waals surface area contributed by atoms with Gasteiger partial charge >= 0.3 is 11.9 Å². The van der Waals surface area contributed by atoms with Gasteiger partial charge in [0, 0.05) is 12.8 Å². The van der Waals surface area contributed by atoms with E-state index in [2.05, 4.69) is 135 Å². The van der Waals surface area contributed by atoms with E-state index in [4.69, 9.17) is 9.47 Å². The van der Waals surface area contributed by atoms with Crippen molar-refractivity contribution in [2.24, 2.45) is 0 Å². The maximum atomic E-state index is 12.2. The number of hydrogen-bond donors (Lipinski definition) is 1. The number of hydrogen-bond acceptors (Lipinski definition) is 5. The predicted molar refractivity (Wildman–Crippen MR) is 223 cm³/mol. The smallest absolute Gasteiger partial charge is 0.306 e. The van der Waals surface area contributed by atoms with Crippen LogP contribution in [-0.2, 0) is 19.1 Å². The summed E-state index contributed by atoms with van der Waals surface area (Å²) in [5, 5.41) is 9.56. The largest absolute Gasteiger partial charge is 0.462 e. The van der Waals surface area contributed by atoms with Crippen LogP contribution in [0.15, 0.2) is 122 Å². The van der Waals surface area contributed by atoms with Crippen LogP contribution in [0.5, 0.6) is 0 Å². The number of ether oxygens (including phenoxy) is 2. The zero-order valence-electron chi connectivity index (χ0n) is 32.8. The Morgan fingerprint density at radius 3 is 1.12 bits per heavy atom. The monoisotopic (exact) mass is 717 g/mol. The lowest BCUT2D eigenvalue weighted by Crippen LogP contribution is -2.28. The van der Waals surface area contributed by atoms with E-state index in [0.717, 1.165) is 116 Å². The maximum absolute atomic E-state index is 12.2. The number of carbonyl (C=O) groups excluding carboxylic acids is 2. The zero-order chi connectivity index (χ0) is 37.8. The Morgan fingerprint density at radius 1 is 0.442 bits per heavy atom. The first-order chi connectivity index (χ1) is 25.6. The second-order valence-corrected chi connectivity index (χ2v) is 12.6. The van der Waals surface area contributed by atoms with Crippen molar-refractivity contribution >= 4 is 11.9 Å². The second-order valence-electron chi connectivity index (χ2n) is 12.6. The van der Waals surface area contributed by atoms with Crippen LogP contribution in [0.1, 0.15) is 142 Å². The van der Waals surface area contributed by atoms with E-state index in [1.165, 1.54) is 0 Å². The molecule has 0 aromatic rings. The van der Waals surface area contributed by atoms with Gasteiger partial charge in [-0.2, -0.15) is 0 Å². The van der Waals surface area contributed by atoms with Gasteiger partial charge in [-0.05, 0) is 103 Å². The third-order valence-corrected chi connectivity index (χ3v) is 7.75. The van der Waals surface area contributed by atoms with Crippen LogP contribution in [0, 0.1) is 0 Å². The minimum Gasteiger partial charge on any atom is -0.462 e. The molecule has 0 spiro atoms. The van der Waals surface area contributed by atoms with Gasteiger partial charge in [-0.1, -0.05) is 148 Å². The van der Waals surface area contributed by atoms with E-state index >= 15 is 0 Å². The van der Waals surface area contributed by atoms with Crippen LogP contribution < -0.4 is 0 Å². The van der Waals surface area contributed by atoms with Crippen LogP contribution in [0.4, 0.5) is 0 Å². The molecule has 0 aromatic carbocycles. The van der Waals surface area contributed by atoms with Gasteiger partial charge < -0.3 is 14.6 Å².